The lowest BCUT2D eigenvalue weighted by Crippen LogP contribution is -2.41. The molecular formula is C15H18BrNO4. The molecule has 114 valence electrons. The lowest BCUT2D eigenvalue weighted by atomic mass is 10.2. The molecule has 21 heavy (non-hydrogen) atoms. The minimum atomic E-state index is -1.09. The number of nitrogens with one attached hydrogen (secondary N) is 1. The molecule has 0 saturated heterocycles. The maximum atomic E-state index is 12.1. The molecule has 2 rings (SSSR count). The molecule has 0 radical (unpaired) electrons. The third kappa shape index (κ3) is 3.97. The van der Waals surface area contributed by atoms with Crippen LogP contribution in [0.5, 0.6) is 5.75 Å². The van der Waals surface area contributed by atoms with Gasteiger partial charge in [-0.1, -0.05) is 18.9 Å². The van der Waals surface area contributed by atoms with Crippen LogP contribution in [0.15, 0.2) is 22.7 Å². The molecule has 1 aromatic carbocycles. The summed E-state index contributed by atoms with van der Waals surface area (Å²) in [5.41, 5.74) is 0.0323. The van der Waals surface area contributed by atoms with E-state index in [1.807, 2.05) is 0 Å². The van der Waals surface area contributed by atoms with E-state index in [0.717, 1.165) is 25.7 Å². The van der Waals surface area contributed by atoms with Gasteiger partial charge in [-0.25, -0.2) is 4.79 Å². The minimum absolute atomic E-state index is 0.0323. The highest BCUT2D eigenvalue weighted by Crippen LogP contribution is 2.30. The number of benzene rings is 1. The van der Waals surface area contributed by atoms with E-state index in [2.05, 4.69) is 21.2 Å². The van der Waals surface area contributed by atoms with Gasteiger partial charge in [0.2, 0.25) is 0 Å². The van der Waals surface area contributed by atoms with Gasteiger partial charge in [0.25, 0.3) is 5.91 Å². The quantitative estimate of drug-likeness (QED) is 0.851. The number of hydrogen-bond donors (Lipinski definition) is 2. The standard InChI is InChI=1S/C15H18BrNO4/c1-9(14(18)17-10-5-2-3-6-10)21-13-11(15(19)20)7-4-8-12(13)16/h4,7-10H,2-3,5-6H2,1H3,(H,17,18)(H,19,20). The zero-order valence-electron chi connectivity index (χ0n) is 11.8. The summed E-state index contributed by atoms with van der Waals surface area (Å²) in [5, 5.41) is 12.1. The number of para-hydroxylation sites is 1. The van der Waals surface area contributed by atoms with Crippen molar-refractivity contribution in [2.24, 2.45) is 0 Å². The number of amides is 1. The van der Waals surface area contributed by atoms with Crippen LogP contribution in [0.1, 0.15) is 43.0 Å². The largest absolute Gasteiger partial charge is 0.479 e. The fraction of sp³-hybridized carbons (Fsp3) is 0.467. The highest BCUT2D eigenvalue weighted by Gasteiger charge is 2.24. The number of ether oxygens (including phenoxy) is 1. The van der Waals surface area contributed by atoms with Crippen LogP contribution in [0.3, 0.4) is 0 Å². The van der Waals surface area contributed by atoms with Crippen molar-refractivity contribution in [3.05, 3.63) is 28.2 Å². The third-order valence-corrected chi connectivity index (χ3v) is 4.19. The molecule has 1 amide bonds. The number of carbonyl (C=O) groups is 2. The summed E-state index contributed by atoms with van der Waals surface area (Å²) >= 11 is 3.26. The van der Waals surface area contributed by atoms with Crippen molar-refractivity contribution in [3.8, 4) is 5.75 Å². The number of aromatic carboxylic acids is 1. The minimum Gasteiger partial charge on any atom is -0.479 e. The van der Waals surface area contributed by atoms with E-state index in [0.29, 0.717) is 4.47 Å². The summed E-state index contributed by atoms with van der Waals surface area (Å²) in [5.74, 6) is -1.12. The van der Waals surface area contributed by atoms with Gasteiger partial charge < -0.3 is 15.2 Å². The molecule has 1 aliphatic rings. The van der Waals surface area contributed by atoms with Crippen LogP contribution in [0, 0.1) is 0 Å². The van der Waals surface area contributed by atoms with Crippen LogP contribution in [0.4, 0.5) is 0 Å². The normalized spacial score (nSPS) is 16.5. The molecule has 0 aliphatic heterocycles. The number of rotatable bonds is 5. The second kappa shape index (κ2) is 6.93. The van der Waals surface area contributed by atoms with Gasteiger partial charge in [0.05, 0.1) is 4.47 Å². The van der Waals surface area contributed by atoms with Crippen molar-refractivity contribution in [1.82, 2.24) is 5.32 Å². The maximum Gasteiger partial charge on any atom is 0.339 e. The van der Waals surface area contributed by atoms with Crippen molar-refractivity contribution in [2.75, 3.05) is 0 Å². The molecule has 1 unspecified atom stereocenters. The Bertz CT molecular complexity index is 540. The average molecular weight is 356 g/mol. The highest BCUT2D eigenvalue weighted by molar-refractivity contribution is 9.10. The lowest BCUT2D eigenvalue weighted by Gasteiger charge is -2.19. The van der Waals surface area contributed by atoms with E-state index in [4.69, 9.17) is 4.74 Å². The van der Waals surface area contributed by atoms with Gasteiger partial charge >= 0.3 is 5.97 Å². The Hall–Kier alpha value is -1.56. The molecule has 1 aromatic rings. The summed E-state index contributed by atoms with van der Waals surface area (Å²) in [4.78, 5) is 23.3. The topological polar surface area (TPSA) is 75.6 Å². The number of halogens is 1. The van der Waals surface area contributed by atoms with E-state index < -0.39 is 12.1 Å². The lowest BCUT2D eigenvalue weighted by molar-refractivity contribution is -0.128. The van der Waals surface area contributed by atoms with Crippen LogP contribution in [0.25, 0.3) is 0 Å². The molecule has 1 fully saturated rings. The predicted molar refractivity (Wildman–Crippen MR) is 81.6 cm³/mol. The second-order valence-corrected chi connectivity index (χ2v) is 6.03. The van der Waals surface area contributed by atoms with E-state index in [-0.39, 0.29) is 23.3 Å². The van der Waals surface area contributed by atoms with Crippen LogP contribution >= 0.6 is 15.9 Å². The fourth-order valence-corrected chi connectivity index (χ4v) is 2.88. The molecule has 0 bridgehead atoms. The summed E-state index contributed by atoms with van der Waals surface area (Å²) in [6, 6.07) is 4.96. The van der Waals surface area contributed by atoms with E-state index in [1.165, 1.54) is 6.07 Å². The monoisotopic (exact) mass is 355 g/mol. The summed E-state index contributed by atoms with van der Waals surface area (Å²) in [6.45, 7) is 1.62. The van der Waals surface area contributed by atoms with Crippen molar-refractivity contribution in [1.29, 1.82) is 0 Å². The highest BCUT2D eigenvalue weighted by atomic mass is 79.9. The molecule has 5 nitrogen and oxygen atoms in total. The summed E-state index contributed by atoms with van der Waals surface area (Å²) < 4.78 is 6.09. The Balaban J connectivity index is 2.06. The number of carboxylic acids is 1. The van der Waals surface area contributed by atoms with Gasteiger partial charge in [-0.2, -0.15) is 0 Å². The van der Waals surface area contributed by atoms with Gasteiger partial charge in [-0.05, 0) is 47.8 Å². The van der Waals surface area contributed by atoms with Crippen LogP contribution < -0.4 is 10.1 Å². The van der Waals surface area contributed by atoms with Crippen molar-refractivity contribution in [3.63, 3.8) is 0 Å². The van der Waals surface area contributed by atoms with Gasteiger partial charge in [-0.15, -0.1) is 0 Å². The number of hydrogen-bond acceptors (Lipinski definition) is 3. The van der Waals surface area contributed by atoms with Gasteiger partial charge in [0, 0.05) is 6.04 Å². The Kier molecular flexibility index (Phi) is 5.22. The molecule has 1 atom stereocenters. The first kappa shape index (κ1) is 15.8. The molecule has 1 saturated carbocycles. The molecule has 6 heteroatoms. The first-order chi connectivity index (χ1) is 9.99. The van der Waals surface area contributed by atoms with E-state index >= 15 is 0 Å². The fourth-order valence-electron chi connectivity index (χ4n) is 2.42. The van der Waals surface area contributed by atoms with Crippen molar-refractivity contribution < 1.29 is 19.4 Å². The number of carboxylic acid groups (broad SMARTS) is 1. The SMILES string of the molecule is CC(Oc1c(Br)cccc1C(=O)O)C(=O)NC1CCCC1. The Morgan fingerprint density at radius 3 is 2.67 bits per heavy atom. The van der Waals surface area contributed by atoms with Crippen LogP contribution in [-0.4, -0.2) is 29.1 Å². The zero-order chi connectivity index (χ0) is 15.4. The van der Waals surface area contributed by atoms with Gasteiger partial charge in [0.1, 0.15) is 11.3 Å². The van der Waals surface area contributed by atoms with Crippen LogP contribution in [0.2, 0.25) is 0 Å². The van der Waals surface area contributed by atoms with E-state index in [1.54, 1.807) is 19.1 Å². The summed E-state index contributed by atoms with van der Waals surface area (Å²) in [6.07, 6.45) is 3.51. The van der Waals surface area contributed by atoms with E-state index in [9.17, 15) is 14.7 Å². The smallest absolute Gasteiger partial charge is 0.339 e. The molecular weight excluding hydrogens is 338 g/mol. The Labute approximate surface area is 131 Å². The van der Waals surface area contributed by atoms with Crippen molar-refractivity contribution >= 4 is 27.8 Å². The average Bonchev–Trinajstić information content (AvgIpc) is 2.93. The first-order valence-corrected chi connectivity index (χ1v) is 7.77. The molecule has 0 heterocycles. The molecule has 2 N–H and O–H groups in total. The Morgan fingerprint density at radius 2 is 2.05 bits per heavy atom. The maximum absolute atomic E-state index is 12.1. The first-order valence-electron chi connectivity index (χ1n) is 6.98. The van der Waals surface area contributed by atoms with Gasteiger partial charge in [0.15, 0.2) is 6.10 Å². The van der Waals surface area contributed by atoms with Gasteiger partial charge in [-0.3, -0.25) is 4.79 Å². The summed E-state index contributed by atoms with van der Waals surface area (Å²) in [7, 11) is 0. The predicted octanol–water partition coefficient (Wildman–Crippen LogP) is 2.97. The molecule has 0 aromatic heterocycles. The van der Waals surface area contributed by atoms with Crippen molar-refractivity contribution in [2.45, 2.75) is 44.8 Å². The van der Waals surface area contributed by atoms with Crippen LogP contribution in [-0.2, 0) is 4.79 Å². The molecule has 0 spiro atoms. The third-order valence-electron chi connectivity index (χ3n) is 3.56. The number of carbonyl (C=O) groups excluding carboxylic acids is 1. The molecule has 1 aliphatic carbocycles. The Morgan fingerprint density at radius 1 is 1.38 bits per heavy atom. The zero-order valence-corrected chi connectivity index (χ0v) is 13.4. The second-order valence-electron chi connectivity index (χ2n) is 5.17.